The fourth-order valence-corrected chi connectivity index (χ4v) is 5.47. The lowest BCUT2D eigenvalue weighted by Gasteiger charge is -2.34. The third-order valence-corrected chi connectivity index (χ3v) is 8.51. The minimum atomic E-state index is -0.777. The molecule has 0 heterocycles. The van der Waals surface area contributed by atoms with E-state index in [2.05, 4.69) is 51.1 Å². The highest BCUT2D eigenvalue weighted by molar-refractivity contribution is 5.78. The number of hydrogen-bond donors (Lipinski definition) is 2. The zero-order valence-corrected chi connectivity index (χ0v) is 25.0. The summed E-state index contributed by atoms with van der Waals surface area (Å²) in [7, 11) is 2.86. The highest BCUT2D eigenvalue weighted by atomic mass is 16.5. The third kappa shape index (κ3) is 6.42. The molecule has 0 saturated carbocycles. The van der Waals surface area contributed by atoms with Crippen molar-refractivity contribution in [2.75, 3.05) is 14.2 Å². The summed E-state index contributed by atoms with van der Waals surface area (Å²) in [5.41, 5.74) is 5.93. The van der Waals surface area contributed by atoms with Crippen LogP contribution in [0.15, 0.2) is 60.7 Å². The molecule has 0 aliphatic heterocycles. The van der Waals surface area contributed by atoms with Gasteiger partial charge in [-0.1, -0.05) is 82.3 Å². The smallest absolute Gasteiger partial charge is 0.309 e. The van der Waals surface area contributed by atoms with Gasteiger partial charge in [-0.2, -0.15) is 0 Å². The number of benzene rings is 3. The van der Waals surface area contributed by atoms with E-state index in [0.717, 1.165) is 24.0 Å². The van der Waals surface area contributed by atoms with Crippen LogP contribution in [0.4, 0.5) is 0 Å². The molecule has 214 valence electrons. The molecule has 3 aromatic carbocycles. The van der Waals surface area contributed by atoms with Gasteiger partial charge in [-0.3, -0.25) is 4.79 Å². The van der Waals surface area contributed by atoms with Crippen LogP contribution in [0.3, 0.4) is 0 Å². The molecule has 0 saturated heterocycles. The molecule has 0 aliphatic rings. The van der Waals surface area contributed by atoms with Crippen molar-refractivity contribution in [1.29, 1.82) is 0 Å². The molecule has 2 N–H and O–H groups in total. The Morgan fingerprint density at radius 1 is 0.875 bits per heavy atom. The molecule has 3 rings (SSSR count). The van der Waals surface area contributed by atoms with E-state index in [-0.39, 0.29) is 23.6 Å². The van der Waals surface area contributed by atoms with E-state index in [0.29, 0.717) is 29.7 Å². The van der Waals surface area contributed by atoms with Gasteiger partial charge in [0.25, 0.3) is 0 Å². The molecule has 0 aliphatic carbocycles. The Labute approximate surface area is 239 Å². The lowest BCUT2D eigenvalue weighted by Crippen LogP contribution is -2.26. The van der Waals surface area contributed by atoms with Crippen LogP contribution in [0, 0.1) is 6.92 Å². The van der Waals surface area contributed by atoms with E-state index in [1.165, 1.54) is 30.9 Å². The molecule has 0 amide bonds. The molecule has 5 heteroatoms. The van der Waals surface area contributed by atoms with Crippen LogP contribution < -0.4 is 4.74 Å². The Balaban J connectivity index is 2.01. The topological polar surface area (TPSA) is 76.0 Å². The van der Waals surface area contributed by atoms with Gasteiger partial charge in [-0.15, -0.1) is 0 Å². The highest BCUT2D eigenvalue weighted by Crippen LogP contribution is 2.42. The normalized spacial score (nSPS) is 12.1. The second kappa shape index (κ2) is 13.2. The number of aryl methyl sites for hydroxylation is 1. The fourth-order valence-electron chi connectivity index (χ4n) is 5.47. The number of rotatable bonds is 12. The maximum absolute atomic E-state index is 11.9. The first-order valence-electron chi connectivity index (χ1n) is 14.2. The maximum Gasteiger partial charge on any atom is 0.309 e. The van der Waals surface area contributed by atoms with Crippen LogP contribution in [0.5, 0.6) is 11.5 Å². The monoisotopic (exact) mass is 544 g/mol. The van der Waals surface area contributed by atoms with E-state index in [4.69, 9.17) is 9.47 Å². The van der Waals surface area contributed by atoms with Crippen LogP contribution in [-0.4, -0.2) is 36.0 Å². The minimum absolute atomic E-state index is 0.0402. The molecule has 0 fully saturated rings. The Kier molecular flexibility index (Phi) is 10.2. The lowest BCUT2D eigenvalue weighted by molar-refractivity contribution is -0.139. The average molecular weight is 545 g/mol. The Morgan fingerprint density at radius 3 is 2.02 bits per heavy atom. The predicted octanol–water partition coefficient (Wildman–Crippen LogP) is 7.76. The van der Waals surface area contributed by atoms with Gasteiger partial charge < -0.3 is 19.7 Å². The summed E-state index contributed by atoms with van der Waals surface area (Å²) in [6.07, 6.45) is 7.27. The summed E-state index contributed by atoms with van der Waals surface area (Å²) in [5.74, 6) is 0.00391. The molecule has 40 heavy (non-hydrogen) atoms. The molecule has 0 aromatic heterocycles. The van der Waals surface area contributed by atoms with Crippen molar-refractivity contribution in [3.8, 4) is 22.6 Å². The Hall–Kier alpha value is -3.57. The first-order valence-corrected chi connectivity index (χ1v) is 14.2. The van der Waals surface area contributed by atoms with Crippen molar-refractivity contribution in [3.05, 3.63) is 88.5 Å². The third-order valence-electron chi connectivity index (χ3n) is 8.51. The van der Waals surface area contributed by atoms with Gasteiger partial charge in [0, 0.05) is 11.0 Å². The minimum Gasteiger partial charge on any atom is -0.504 e. The van der Waals surface area contributed by atoms with Crippen LogP contribution in [0.2, 0.25) is 0 Å². The van der Waals surface area contributed by atoms with Gasteiger partial charge in [-0.25, -0.2) is 0 Å². The number of aliphatic hydroxyl groups is 1. The number of ether oxygens (including phenoxy) is 2. The average Bonchev–Trinajstić information content (AvgIpc) is 2.98. The summed E-state index contributed by atoms with van der Waals surface area (Å²) in [6.45, 7) is 10.6. The number of esters is 1. The summed E-state index contributed by atoms with van der Waals surface area (Å²) in [5, 5.41) is 21.6. The summed E-state index contributed by atoms with van der Waals surface area (Å²) in [4.78, 5) is 11.9. The molecule has 0 unspecified atom stereocenters. The van der Waals surface area contributed by atoms with Crippen LogP contribution >= 0.6 is 0 Å². The first kappa shape index (κ1) is 31.0. The van der Waals surface area contributed by atoms with Crippen molar-refractivity contribution in [1.82, 2.24) is 0 Å². The number of phenolic OH excluding ortho intramolecular Hbond substituents is 1. The van der Waals surface area contributed by atoms with E-state index in [1.807, 2.05) is 44.2 Å². The van der Waals surface area contributed by atoms with Crippen LogP contribution in [-0.2, 0) is 21.4 Å². The van der Waals surface area contributed by atoms with Gasteiger partial charge in [0.2, 0.25) is 0 Å². The molecular weight excluding hydrogens is 500 g/mol. The van der Waals surface area contributed by atoms with Crippen molar-refractivity contribution in [3.63, 3.8) is 0 Å². The molecule has 0 radical (unpaired) electrons. The van der Waals surface area contributed by atoms with Crippen LogP contribution in [0.1, 0.15) is 81.2 Å². The van der Waals surface area contributed by atoms with E-state index >= 15 is 0 Å². The number of carbonyl (C=O) groups is 1. The van der Waals surface area contributed by atoms with Gasteiger partial charge >= 0.3 is 5.97 Å². The lowest BCUT2D eigenvalue weighted by atomic mass is 9.70. The van der Waals surface area contributed by atoms with E-state index < -0.39 is 5.60 Å². The molecule has 5 nitrogen and oxygen atoms in total. The SMILES string of the molecule is CCC(O)(C=Cc1ccc(C(CC)(CC)c2ccc(-c3cc(CC(=O)OC)cc(OC)c3O)cc2)cc1C)CC. The number of hydrogen-bond acceptors (Lipinski definition) is 5. The Bertz CT molecular complexity index is 1330. The number of carbonyl (C=O) groups excluding carboxylic acids is 1. The first-order chi connectivity index (χ1) is 19.1. The molecular formula is C35H44O5. The van der Waals surface area contributed by atoms with Gasteiger partial charge in [0.15, 0.2) is 11.5 Å². The molecule has 3 aromatic rings. The molecule has 0 atom stereocenters. The fraction of sp³-hybridized carbons (Fsp3) is 0.400. The number of methoxy groups -OCH3 is 2. The van der Waals surface area contributed by atoms with Gasteiger partial charge in [0.1, 0.15) is 0 Å². The predicted molar refractivity (Wildman–Crippen MR) is 163 cm³/mol. The second-order valence-corrected chi connectivity index (χ2v) is 10.5. The number of aromatic hydroxyl groups is 1. The van der Waals surface area contributed by atoms with E-state index in [9.17, 15) is 15.0 Å². The highest BCUT2D eigenvalue weighted by Gasteiger charge is 2.31. The van der Waals surface area contributed by atoms with Crippen LogP contribution in [0.25, 0.3) is 17.2 Å². The van der Waals surface area contributed by atoms with Gasteiger partial charge in [0.05, 0.1) is 26.2 Å². The summed E-state index contributed by atoms with van der Waals surface area (Å²) in [6, 6.07) is 18.4. The summed E-state index contributed by atoms with van der Waals surface area (Å²) < 4.78 is 10.2. The standard InChI is InChI=1S/C35H44O5/c1-8-34(38,9-2)19-18-26-12-17-29(20-24(26)5)35(10-3,11-4)28-15-13-27(14-16-28)30-21-25(23-32(36)40-7)22-31(39-6)33(30)37/h12-22,37-38H,8-11,23H2,1-7H3. The largest absolute Gasteiger partial charge is 0.504 e. The molecule has 0 bridgehead atoms. The van der Waals surface area contributed by atoms with E-state index in [1.54, 1.807) is 6.07 Å². The van der Waals surface area contributed by atoms with Crippen molar-refractivity contribution >= 4 is 12.0 Å². The number of phenols is 1. The van der Waals surface area contributed by atoms with Crippen molar-refractivity contribution in [2.24, 2.45) is 0 Å². The molecule has 0 spiro atoms. The second-order valence-electron chi connectivity index (χ2n) is 10.5. The quantitative estimate of drug-likeness (QED) is 0.228. The van der Waals surface area contributed by atoms with Crippen molar-refractivity contribution < 1.29 is 24.5 Å². The summed E-state index contributed by atoms with van der Waals surface area (Å²) >= 11 is 0. The zero-order chi connectivity index (χ0) is 29.5. The van der Waals surface area contributed by atoms with Gasteiger partial charge in [-0.05, 0) is 78.1 Å². The zero-order valence-electron chi connectivity index (χ0n) is 25.0. The van der Waals surface area contributed by atoms with Crippen molar-refractivity contribution in [2.45, 2.75) is 77.7 Å². The maximum atomic E-state index is 11.9. The Morgan fingerprint density at radius 2 is 1.50 bits per heavy atom.